The minimum Gasteiger partial charge on any atom is -0.317 e. The normalized spacial score (nSPS) is 11.1. The van der Waals surface area contributed by atoms with Gasteiger partial charge in [-0.2, -0.15) is 0 Å². The highest BCUT2D eigenvalue weighted by molar-refractivity contribution is 7.99. The first-order chi connectivity index (χ1) is 9.29. The Hall–Kier alpha value is -1.62. The van der Waals surface area contributed by atoms with Gasteiger partial charge in [-0.15, -0.1) is 0 Å². The molecule has 2 aromatic rings. The summed E-state index contributed by atoms with van der Waals surface area (Å²) in [5.41, 5.74) is 3.14. The summed E-state index contributed by atoms with van der Waals surface area (Å²) in [5.74, 6) is -0.230. The first-order valence-electron chi connectivity index (χ1n) is 5.85. The zero-order valence-corrected chi connectivity index (χ0v) is 11.0. The van der Waals surface area contributed by atoms with Crippen LogP contribution in [0.5, 0.6) is 0 Å². The number of hydroxylamine groups is 1. The molecule has 0 heterocycles. The van der Waals surface area contributed by atoms with Gasteiger partial charge >= 0.3 is 0 Å². The second-order valence-corrected chi connectivity index (χ2v) is 4.97. The Morgan fingerprint density at radius 3 is 2.58 bits per heavy atom. The number of rotatable bonds is 5. The van der Waals surface area contributed by atoms with Crippen molar-refractivity contribution in [3.8, 4) is 0 Å². The lowest BCUT2D eigenvalue weighted by atomic mass is 10.2. The van der Waals surface area contributed by atoms with Crippen molar-refractivity contribution in [2.24, 2.45) is 0 Å². The largest absolute Gasteiger partial charge is 0.317 e. The fraction of sp³-hybridized carbons (Fsp3) is 0.0667. The molecule has 2 nitrogen and oxygen atoms in total. The quantitative estimate of drug-likeness (QED) is 0.810. The molecule has 0 unspecified atom stereocenters. The van der Waals surface area contributed by atoms with E-state index in [9.17, 15) is 4.39 Å². The summed E-state index contributed by atoms with van der Waals surface area (Å²) >= 11 is 1.58. The highest BCUT2D eigenvalue weighted by Crippen LogP contribution is 2.31. The Balaban J connectivity index is 2.17. The summed E-state index contributed by atoms with van der Waals surface area (Å²) in [4.78, 5) is 2.07. The summed E-state index contributed by atoms with van der Waals surface area (Å²) < 4.78 is 12.9. The van der Waals surface area contributed by atoms with Gasteiger partial charge in [0.15, 0.2) is 0 Å². The van der Waals surface area contributed by atoms with Gasteiger partial charge in [-0.25, -0.2) is 9.87 Å². The third-order valence-corrected chi connectivity index (χ3v) is 3.57. The Morgan fingerprint density at radius 2 is 1.84 bits per heavy atom. The number of hydrogen-bond acceptors (Lipinski definition) is 3. The molecule has 0 aromatic heterocycles. The number of halogens is 1. The minimum absolute atomic E-state index is 0.230. The van der Waals surface area contributed by atoms with Crippen LogP contribution in [0.4, 0.5) is 4.39 Å². The maximum absolute atomic E-state index is 12.9. The summed E-state index contributed by atoms with van der Waals surface area (Å²) in [6.45, 7) is 0.398. The van der Waals surface area contributed by atoms with Crippen LogP contribution in [0, 0.1) is 5.82 Å². The second-order valence-electron chi connectivity index (χ2n) is 3.86. The Labute approximate surface area is 115 Å². The SMILES string of the molecule is ONC/C=C/c1ccccc1Sc1ccc(F)cc1. The molecule has 2 N–H and O–H groups in total. The van der Waals surface area contributed by atoms with Crippen LogP contribution >= 0.6 is 11.8 Å². The van der Waals surface area contributed by atoms with Crippen LogP contribution in [0.3, 0.4) is 0 Å². The maximum atomic E-state index is 12.9. The number of nitrogens with one attached hydrogen (secondary N) is 1. The van der Waals surface area contributed by atoms with Gasteiger partial charge in [0.25, 0.3) is 0 Å². The molecule has 0 aliphatic carbocycles. The van der Waals surface area contributed by atoms with E-state index < -0.39 is 0 Å². The van der Waals surface area contributed by atoms with E-state index in [0.717, 1.165) is 15.4 Å². The van der Waals surface area contributed by atoms with E-state index in [0.29, 0.717) is 6.54 Å². The summed E-state index contributed by atoms with van der Waals surface area (Å²) in [5, 5.41) is 8.53. The van der Waals surface area contributed by atoms with E-state index >= 15 is 0 Å². The number of hydrogen-bond donors (Lipinski definition) is 2. The molecular formula is C15H14FNOS. The van der Waals surface area contributed by atoms with Crippen molar-refractivity contribution < 1.29 is 9.60 Å². The van der Waals surface area contributed by atoms with Crippen LogP contribution in [0.15, 0.2) is 64.4 Å². The molecular weight excluding hydrogens is 261 g/mol. The summed E-state index contributed by atoms with van der Waals surface area (Å²) in [7, 11) is 0. The highest BCUT2D eigenvalue weighted by atomic mass is 32.2. The van der Waals surface area contributed by atoms with Crippen LogP contribution in [0.25, 0.3) is 6.08 Å². The predicted molar refractivity (Wildman–Crippen MR) is 75.8 cm³/mol. The van der Waals surface area contributed by atoms with E-state index in [1.165, 1.54) is 12.1 Å². The number of benzene rings is 2. The molecule has 98 valence electrons. The first kappa shape index (κ1) is 13.8. The molecule has 2 rings (SSSR count). The van der Waals surface area contributed by atoms with Crippen LogP contribution in [-0.2, 0) is 0 Å². The monoisotopic (exact) mass is 275 g/mol. The molecule has 4 heteroatoms. The van der Waals surface area contributed by atoms with Crippen LogP contribution < -0.4 is 5.48 Å². The van der Waals surface area contributed by atoms with Crippen LogP contribution in [0.2, 0.25) is 0 Å². The van der Waals surface area contributed by atoms with E-state index in [2.05, 4.69) is 5.48 Å². The van der Waals surface area contributed by atoms with E-state index in [1.807, 2.05) is 36.4 Å². The zero-order chi connectivity index (χ0) is 13.5. The van der Waals surface area contributed by atoms with E-state index in [4.69, 9.17) is 5.21 Å². The van der Waals surface area contributed by atoms with Crippen molar-refractivity contribution in [3.05, 3.63) is 66.0 Å². The lowest BCUT2D eigenvalue weighted by Gasteiger charge is -2.05. The fourth-order valence-corrected chi connectivity index (χ4v) is 2.51. The molecule has 0 bridgehead atoms. The lowest BCUT2D eigenvalue weighted by Crippen LogP contribution is -2.04. The molecule has 0 fully saturated rings. The Bertz CT molecular complexity index is 554. The minimum atomic E-state index is -0.230. The molecule has 0 spiro atoms. The first-order valence-corrected chi connectivity index (χ1v) is 6.67. The van der Waals surface area contributed by atoms with Gasteiger partial charge in [0, 0.05) is 16.3 Å². The smallest absolute Gasteiger partial charge is 0.123 e. The molecule has 19 heavy (non-hydrogen) atoms. The Kier molecular flexibility index (Phi) is 5.15. The molecule has 0 radical (unpaired) electrons. The lowest BCUT2D eigenvalue weighted by molar-refractivity contribution is 0.180. The molecule has 0 atom stereocenters. The van der Waals surface area contributed by atoms with Gasteiger partial charge in [-0.1, -0.05) is 42.1 Å². The van der Waals surface area contributed by atoms with Gasteiger partial charge in [0.1, 0.15) is 5.82 Å². The fourth-order valence-electron chi connectivity index (χ4n) is 1.58. The molecule has 0 saturated carbocycles. The zero-order valence-electron chi connectivity index (χ0n) is 10.2. The third-order valence-electron chi connectivity index (χ3n) is 2.47. The molecule has 2 aromatic carbocycles. The van der Waals surface area contributed by atoms with Gasteiger partial charge < -0.3 is 5.21 Å². The molecule has 0 saturated heterocycles. The molecule has 0 aliphatic heterocycles. The van der Waals surface area contributed by atoms with Gasteiger partial charge in [0.05, 0.1) is 0 Å². The van der Waals surface area contributed by atoms with Gasteiger partial charge in [-0.3, -0.25) is 0 Å². The van der Waals surface area contributed by atoms with Crippen molar-refractivity contribution in [1.82, 2.24) is 5.48 Å². The van der Waals surface area contributed by atoms with Crippen LogP contribution in [0.1, 0.15) is 5.56 Å². The molecule has 0 amide bonds. The Morgan fingerprint density at radius 1 is 1.11 bits per heavy atom. The third kappa shape index (κ3) is 4.21. The highest BCUT2D eigenvalue weighted by Gasteiger charge is 2.01. The second kappa shape index (κ2) is 7.09. The van der Waals surface area contributed by atoms with Crippen molar-refractivity contribution >= 4 is 17.8 Å². The van der Waals surface area contributed by atoms with Gasteiger partial charge in [0.2, 0.25) is 0 Å². The average Bonchev–Trinajstić information content (AvgIpc) is 2.43. The maximum Gasteiger partial charge on any atom is 0.123 e. The van der Waals surface area contributed by atoms with Crippen molar-refractivity contribution in [3.63, 3.8) is 0 Å². The standard InChI is InChI=1S/C15H14FNOS/c16-13-7-9-14(10-8-13)19-15-6-2-1-4-12(15)5-3-11-17-18/h1-10,17-18H,11H2/b5-3+. The topological polar surface area (TPSA) is 32.3 Å². The van der Waals surface area contributed by atoms with Crippen molar-refractivity contribution in [2.75, 3.05) is 6.54 Å². The predicted octanol–water partition coefficient (Wildman–Crippen LogP) is 3.97. The summed E-state index contributed by atoms with van der Waals surface area (Å²) in [6, 6.07) is 14.4. The van der Waals surface area contributed by atoms with E-state index in [-0.39, 0.29) is 5.82 Å². The van der Waals surface area contributed by atoms with Crippen molar-refractivity contribution in [1.29, 1.82) is 0 Å². The summed E-state index contributed by atoms with van der Waals surface area (Å²) in [6.07, 6.45) is 3.78. The van der Waals surface area contributed by atoms with E-state index in [1.54, 1.807) is 23.9 Å². The van der Waals surface area contributed by atoms with Crippen LogP contribution in [-0.4, -0.2) is 11.8 Å². The van der Waals surface area contributed by atoms with Gasteiger partial charge in [-0.05, 0) is 35.9 Å². The molecule has 0 aliphatic rings. The van der Waals surface area contributed by atoms with Crippen molar-refractivity contribution in [2.45, 2.75) is 9.79 Å². The average molecular weight is 275 g/mol.